The molecule has 0 aromatic rings. The molecule has 0 fully saturated rings. The average molecular weight is 156 g/mol. The summed E-state index contributed by atoms with van der Waals surface area (Å²) in [4.78, 5) is 0. The first-order valence-corrected chi connectivity index (χ1v) is 4.63. The molecule has 0 radical (unpaired) electrons. The number of rotatable bonds is 7. The second-order valence-electron chi connectivity index (χ2n) is 2.89. The molecule has 0 rings (SSSR count). The molecule has 0 heterocycles. The fraction of sp³-hybridized carbons (Fsp3) is 0.889. The van der Waals surface area contributed by atoms with Crippen LogP contribution in [0.2, 0.25) is 0 Å². The highest BCUT2D eigenvalue weighted by Gasteiger charge is 1.87. The molecule has 0 spiro atoms. The second-order valence-corrected chi connectivity index (χ2v) is 2.89. The van der Waals surface area contributed by atoms with Crippen molar-refractivity contribution in [2.75, 3.05) is 0 Å². The van der Waals surface area contributed by atoms with Gasteiger partial charge in [-0.3, -0.25) is 0 Å². The van der Waals surface area contributed by atoms with Crippen LogP contribution in [0.4, 0.5) is 0 Å². The van der Waals surface area contributed by atoms with Crippen LogP contribution in [-0.4, -0.2) is 6.21 Å². The highest BCUT2D eigenvalue weighted by atomic mass is 15.1. The number of hydrazone groups is 1. The molecular weight excluding hydrogens is 136 g/mol. The van der Waals surface area contributed by atoms with Crippen LogP contribution in [0.5, 0.6) is 0 Å². The summed E-state index contributed by atoms with van der Waals surface area (Å²) in [5.74, 6) is 4.96. The molecule has 0 bridgehead atoms. The summed E-state index contributed by atoms with van der Waals surface area (Å²) >= 11 is 0. The Morgan fingerprint density at radius 2 is 1.73 bits per heavy atom. The molecular formula is C9H20N2. The van der Waals surface area contributed by atoms with Gasteiger partial charge in [-0.15, -0.1) is 0 Å². The first-order chi connectivity index (χ1) is 5.41. The normalized spacial score (nSPS) is 11.0. The van der Waals surface area contributed by atoms with Gasteiger partial charge in [-0.2, -0.15) is 5.10 Å². The van der Waals surface area contributed by atoms with E-state index < -0.39 is 0 Å². The molecule has 11 heavy (non-hydrogen) atoms. The summed E-state index contributed by atoms with van der Waals surface area (Å²) in [7, 11) is 0. The van der Waals surface area contributed by atoms with Gasteiger partial charge in [-0.1, -0.05) is 39.0 Å². The Bertz CT molecular complexity index is 89.6. The predicted molar refractivity (Wildman–Crippen MR) is 50.7 cm³/mol. The third kappa shape index (κ3) is 9.47. The van der Waals surface area contributed by atoms with Gasteiger partial charge < -0.3 is 5.84 Å². The van der Waals surface area contributed by atoms with Gasteiger partial charge >= 0.3 is 0 Å². The van der Waals surface area contributed by atoms with Crippen molar-refractivity contribution in [1.29, 1.82) is 0 Å². The minimum atomic E-state index is 1.04. The highest BCUT2D eigenvalue weighted by molar-refractivity contribution is 5.56. The zero-order valence-corrected chi connectivity index (χ0v) is 7.55. The van der Waals surface area contributed by atoms with E-state index in [1.165, 1.54) is 38.5 Å². The summed E-state index contributed by atoms with van der Waals surface area (Å²) in [6.45, 7) is 2.24. The second kappa shape index (κ2) is 9.47. The van der Waals surface area contributed by atoms with Crippen molar-refractivity contribution in [3.63, 3.8) is 0 Å². The van der Waals surface area contributed by atoms with Gasteiger partial charge in [-0.25, -0.2) is 0 Å². The number of nitrogens with zero attached hydrogens (tertiary/aromatic N) is 1. The molecule has 66 valence electrons. The quantitative estimate of drug-likeness (QED) is 0.262. The summed E-state index contributed by atoms with van der Waals surface area (Å²) < 4.78 is 0. The largest absolute Gasteiger partial charge is 0.324 e. The molecule has 0 aromatic heterocycles. The Morgan fingerprint density at radius 3 is 2.36 bits per heavy atom. The van der Waals surface area contributed by atoms with Crippen molar-refractivity contribution in [2.45, 2.75) is 51.9 Å². The van der Waals surface area contributed by atoms with E-state index in [4.69, 9.17) is 5.84 Å². The van der Waals surface area contributed by atoms with Crippen LogP contribution in [0.1, 0.15) is 51.9 Å². The molecule has 2 heteroatoms. The van der Waals surface area contributed by atoms with Crippen LogP contribution in [0.3, 0.4) is 0 Å². The van der Waals surface area contributed by atoms with Gasteiger partial charge in [0, 0.05) is 6.21 Å². The molecule has 0 aromatic carbocycles. The van der Waals surface area contributed by atoms with E-state index in [0.29, 0.717) is 0 Å². The lowest BCUT2D eigenvalue weighted by molar-refractivity contribution is 0.616. The Morgan fingerprint density at radius 1 is 1.09 bits per heavy atom. The molecule has 0 aliphatic heterocycles. The maximum atomic E-state index is 4.96. The lowest BCUT2D eigenvalue weighted by Crippen LogP contribution is -1.84. The lowest BCUT2D eigenvalue weighted by Gasteiger charge is -1.96. The van der Waals surface area contributed by atoms with Crippen molar-refractivity contribution in [3.8, 4) is 0 Å². The molecule has 0 amide bonds. The fourth-order valence-electron chi connectivity index (χ4n) is 1.09. The third-order valence-corrected chi connectivity index (χ3v) is 1.79. The lowest BCUT2D eigenvalue weighted by atomic mass is 10.1. The van der Waals surface area contributed by atoms with Crippen LogP contribution in [0, 0.1) is 0 Å². The van der Waals surface area contributed by atoms with E-state index in [1.54, 1.807) is 6.21 Å². The summed E-state index contributed by atoms with van der Waals surface area (Å²) in [6.07, 6.45) is 10.9. The number of hydrogen-bond acceptors (Lipinski definition) is 2. The maximum absolute atomic E-state index is 4.96. The monoisotopic (exact) mass is 156 g/mol. The van der Waals surface area contributed by atoms with Crippen molar-refractivity contribution < 1.29 is 0 Å². The van der Waals surface area contributed by atoms with E-state index in [9.17, 15) is 0 Å². The first kappa shape index (κ1) is 10.5. The van der Waals surface area contributed by atoms with E-state index in [1.807, 2.05) is 0 Å². The maximum Gasteiger partial charge on any atom is 0.0240 e. The molecule has 2 N–H and O–H groups in total. The smallest absolute Gasteiger partial charge is 0.0240 e. The number of hydrogen-bond donors (Lipinski definition) is 1. The average Bonchev–Trinajstić information content (AvgIpc) is 2.03. The standard InChI is InChI=1S/C9H20N2/c1-2-3-4-5-6-7-8-9-11-10/h9H,2-8,10H2,1H3/b11-9-. The fourth-order valence-corrected chi connectivity index (χ4v) is 1.09. The topological polar surface area (TPSA) is 38.4 Å². The first-order valence-electron chi connectivity index (χ1n) is 4.63. The van der Waals surface area contributed by atoms with Crippen molar-refractivity contribution in [1.82, 2.24) is 0 Å². The zero-order valence-electron chi connectivity index (χ0n) is 7.55. The summed E-state index contributed by atoms with van der Waals surface area (Å²) in [5, 5.41) is 3.44. The molecule has 0 aliphatic rings. The molecule has 0 unspecified atom stereocenters. The van der Waals surface area contributed by atoms with Crippen molar-refractivity contribution >= 4 is 6.21 Å². The Labute approximate surface area is 69.9 Å². The van der Waals surface area contributed by atoms with Gasteiger partial charge in [0.05, 0.1) is 0 Å². The molecule has 0 saturated heterocycles. The Hall–Kier alpha value is -0.530. The molecule has 0 saturated carbocycles. The van der Waals surface area contributed by atoms with Crippen LogP contribution in [0.15, 0.2) is 5.10 Å². The van der Waals surface area contributed by atoms with E-state index in [2.05, 4.69) is 12.0 Å². The predicted octanol–water partition coefficient (Wildman–Crippen LogP) is 2.68. The third-order valence-electron chi connectivity index (χ3n) is 1.79. The van der Waals surface area contributed by atoms with Crippen LogP contribution in [0.25, 0.3) is 0 Å². The summed E-state index contributed by atoms with van der Waals surface area (Å²) in [6, 6.07) is 0. The number of unbranched alkanes of at least 4 members (excludes halogenated alkanes) is 6. The molecule has 2 nitrogen and oxygen atoms in total. The van der Waals surface area contributed by atoms with Crippen molar-refractivity contribution in [3.05, 3.63) is 0 Å². The summed E-state index contributed by atoms with van der Waals surface area (Å²) in [5.41, 5.74) is 0. The van der Waals surface area contributed by atoms with Crippen LogP contribution >= 0.6 is 0 Å². The van der Waals surface area contributed by atoms with Gasteiger partial charge in [0.2, 0.25) is 0 Å². The Balaban J connectivity index is 2.79. The molecule has 0 aliphatic carbocycles. The van der Waals surface area contributed by atoms with Crippen molar-refractivity contribution in [2.24, 2.45) is 10.9 Å². The zero-order chi connectivity index (χ0) is 8.36. The van der Waals surface area contributed by atoms with Gasteiger partial charge in [0.1, 0.15) is 0 Å². The van der Waals surface area contributed by atoms with E-state index in [-0.39, 0.29) is 0 Å². The number of nitrogens with two attached hydrogens (primary N) is 1. The van der Waals surface area contributed by atoms with Crippen LogP contribution in [-0.2, 0) is 0 Å². The van der Waals surface area contributed by atoms with Gasteiger partial charge in [0.15, 0.2) is 0 Å². The minimum Gasteiger partial charge on any atom is -0.324 e. The van der Waals surface area contributed by atoms with Gasteiger partial charge in [-0.05, 0) is 12.8 Å². The highest BCUT2D eigenvalue weighted by Crippen LogP contribution is 2.05. The van der Waals surface area contributed by atoms with E-state index >= 15 is 0 Å². The van der Waals surface area contributed by atoms with E-state index in [0.717, 1.165) is 6.42 Å². The minimum absolute atomic E-state index is 1.04. The molecule has 0 atom stereocenters. The SMILES string of the molecule is CCCCCCCC/C=N\N. The van der Waals surface area contributed by atoms with Crippen LogP contribution < -0.4 is 5.84 Å². The van der Waals surface area contributed by atoms with Gasteiger partial charge in [0.25, 0.3) is 0 Å². The Kier molecular flexibility index (Phi) is 9.01.